The summed E-state index contributed by atoms with van der Waals surface area (Å²) in [6.45, 7) is 4.22. The molecule has 1 aliphatic heterocycles. The SMILES string of the molecule is CC1(C)CSCC(O)(Cc2ccc(C(F)(F)F)cc2)C1. The van der Waals surface area contributed by atoms with Crippen molar-refractivity contribution in [3.05, 3.63) is 35.4 Å². The zero-order chi connectivity index (χ0) is 15.0. The maximum atomic E-state index is 12.5. The van der Waals surface area contributed by atoms with Crippen LogP contribution in [0, 0.1) is 5.41 Å². The van der Waals surface area contributed by atoms with Crippen molar-refractivity contribution in [3.63, 3.8) is 0 Å². The Labute approximate surface area is 121 Å². The van der Waals surface area contributed by atoms with Crippen molar-refractivity contribution in [3.8, 4) is 0 Å². The number of hydrogen-bond acceptors (Lipinski definition) is 2. The van der Waals surface area contributed by atoms with Gasteiger partial charge in [0.1, 0.15) is 0 Å². The molecule has 0 aliphatic carbocycles. The lowest BCUT2D eigenvalue weighted by Crippen LogP contribution is -2.44. The standard InChI is InChI=1S/C15H19F3OS/c1-13(2)8-14(19,10-20-9-13)7-11-3-5-12(6-4-11)15(16,17)18/h3-6,19H,7-10H2,1-2H3. The van der Waals surface area contributed by atoms with Gasteiger partial charge < -0.3 is 5.11 Å². The molecule has 5 heteroatoms. The number of halogens is 3. The maximum Gasteiger partial charge on any atom is 0.416 e. The second-order valence-corrected chi connectivity index (χ2v) is 7.42. The topological polar surface area (TPSA) is 20.2 Å². The summed E-state index contributed by atoms with van der Waals surface area (Å²) < 4.78 is 37.5. The summed E-state index contributed by atoms with van der Waals surface area (Å²) in [7, 11) is 0. The number of hydrogen-bond donors (Lipinski definition) is 1. The van der Waals surface area contributed by atoms with Gasteiger partial charge in [0.25, 0.3) is 0 Å². The summed E-state index contributed by atoms with van der Waals surface area (Å²) in [5.74, 6) is 1.64. The van der Waals surface area contributed by atoms with Crippen LogP contribution >= 0.6 is 11.8 Å². The summed E-state index contributed by atoms with van der Waals surface area (Å²) in [6.07, 6.45) is -3.23. The van der Waals surface area contributed by atoms with E-state index < -0.39 is 17.3 Å². The molecule has 0 radical (unpaired) electrons. The lowest BCUT2D eigenvalue weighted by molar-refractivity contribution is -0.137. The van der Waals surface area contributed by atoms with Crippen LogP contribution in [0.25, 0.3) is 0 Å². The van der Waals surface area contributed by atoms with E-state index in [1.165, 1.54) is 12.1 Å². The Bertz CT molecular complexity index is 467. The molecule has 2 rings (SSSR count). The largest absolute Gasteiger partial charge is 0.416 e. The summed E-state index contributed by atoms with van der Waals surface area (Å²) in [6, 6.07) is 5.10. The van der Waals surface area contributed by atoms with Crippen molar-refractivity contribution in [2.45, 2.75) is 38.5 Å². The second kappa shape index (κ2) is 5.26. The van der Waals surface area contributed by atoms with Crippen LogP contribution in [0.5, 0.6) is 0 Å². The Morgan fingerprint density at radius 1 is 1.15 bits per heavy atom. The Morgan fingerprint density at radius 3 is 2.25 bits per heavy atom. The van der Waals surface area contributed by atoms with Gasteiger partial charge in [-0.05, 0) is 35.3 Å². The molecule has 1 unspecified atom stereocenters. The van der Waals surface area contributed by atoms with E-state index in [-0.39, 0.29) is 5.41 Å². The average molecular weight is 304 g/mol. The van der Waals surface area contributed by atoms with Gasteiger partial charge in [0, 0.05) is 12.2 Å². The molecule has 1 saturated heterocycles. The zero-order valence-electron chi connectivity index (χ0n) is 11.6. The quantitative estimate of drug-likeness (QED) is 0.886. The highest BCUT2D eigenvalue weighted by atomic mass is 32.2. The van der Waals surface area contributed by atoms with Crippen LogP contribution in [0.3, 0.4) is 0 Å². The van der Waals surface area contributed by atoms with Gasteiger partial charge in [0.2, 0.25) is 0 Å². The Morgan fingerprint density at radius 2 is 1.75 bits per heavy atom. The first-order valence-corrected chi connectivity index (χ1v) is 7.72. The molecule has 0 amide bonds. The van der Waals surface area contributed by atoms with Gasteiger partial charge >= 0.3 is 6.18 Å². The molecule has 112 valence electrons. The number of alkyl halides is 3. The fourth-order valence-corrected chi connectivity index (χ4v) is 4.16. The van der Waals surface area contributed by atoms with Crippen LogP contribution < -0.4 is 0 Å². The summed E-state index contributed by atoms with van der Waals surface area (Å²) in [5.41, 5.74) is -0.666. The fourth-order valence-electron chi connectivity index (χ4n) is 2.82. The molecule has 1 atom stereocenters. The monoisotopic (exact) mass is 304 g/mol. The van der Waals surface area contributed by atoms with Crippen LogP contribution in [0.15, 0.2) is 24.3 Å². The number of aliphatic hydroxyl groups is 1. The van der Waals surface area contributed by atoms with E-state index in [4.69, 9.17) is 0 Å². The molecule has 0 spiro atoms. The molecule has 0 bridgehead atoms. The van der Waals surface area contributed by atoms with Crippen molar-refractivity contribution in [1.82, 2.24) is 0 Å². The zero-order valence-corrected chi connectivity index (χ0v) is 12.4. The Balaban J connectivity index is 2.10. The van der Waals surface area contributed by atoms with E-state index in [1.807, 2.05) is 0 Å². The summed E-state index contributed by atoms with van der Waals surface area (Å²) >= 11 is 1.71. The van der Waals surface area contributed by atoms with Crippen molar-refractivity contribution in [2.24, 2.45) is 5.41 Å². The van der Waals surface area contributed by atoms with Crippen molar-refractivity contribution < 1.29 is 18.3 Å². The average Bonchev–Trinajstić information content (AvgIpc) is 2.25. The van der Waals surface area contributed by atoms with Crippen LogP contribution in [-0.4, -0.2) is 22.2 Å². The highest BCUT2D eigenvalue weighted by Crippen LogP contribution is 2.40. The third kappa shape index (κ3) is 3.92. The summed E-state index contributed by atoms with van der Waals surface area (Å²) in [4.78, 5) is 0. The smallest absolute Gasteiger partial charge is 0.389 e. The van der Waals surface area contributed by atoms with Crippen molar-refractivity contribution in [1.29, 1.82) is 0 Å². The van der Waals surface area contributed by atoms with Gasteiger partial charge in [-0.25, -0.2) is 0 Å². The van der Waals surface area contributed by atoms with Gasteiger partial charge in [-0.2, -0.15) is 24.9 Å². The van der Waals surface area contributed by atoms with E-state index >= 15 is 0 Å². The third-order valence-corrected chi connectivity index (χ3v) is 5.21. The highest BCUT2D eigenvalue weighted by molar-refractivity contribution is 7.99. The minimum Gasteiger partial charge on any atom is -0.389 e. The molecule has 1 heterocycles. The van der Waals surface area contributed by atoms with Crippen LogP contribution in [-0.2, 0) is 12.6 Å². The first-order valence-electron chi connectivity index (χ1n) is 6.56. The Kier molecular flexibility index (Phi) is 4.13. The predicted octanol–water partition coefficient (Wildman–Crippen LogP) is 4.14. The molecular formula is C15H19F3OS. The Hall–Kier alpha value is -0.680. The van der Waals surface area contributed by atoms with Crippen LogP contribution in [0.1, 0.15) is 31.4 Å². The lowest BCUT2D eigenvalue weighted by atomic mass is 9.79. The third-order valence-electron chi connectivity index (χ3n) is 3.49. The molecule has 1 fully saturated rings. The van der Waals surface area contributed by atoms with Crippen LogP contribution in [0.4, 0.5) is 13.2 Å². The van der Waals surface area contributed by atoms with Gasteiger partial charge in [-0.15, -0.1) is 0 Å². The maximum absolute atomic E-state index is 12.5. The first kappa shape index (κ1) is 15.7. The summed E-state index contributed by atoms with van der Waals surface area (Å²) in [5, 5.41) is 10.6. The van der Waals surface area contributed by atoms with Gasteiger partial charge in [0.15, 0.2) is 0 Å². The number of thioether (sulfide) groups is 1. The number of benzene rings is 1. The van der Waals surface area contributed by atoms with E-state index in [0.29, 0.717) is 18.6 Å². The predicted molar refractivity (Wildman–Crippen MR) is 75.8 cm³/mol. The minimum atomic E-state index is -4.31. The molecule has 1 aliphatic rings. The lowest BCUT2D eigenvalue weighted by Gasteiger charge is -2.41. The van der Waals surface area contributed by atoms with E-state index in [0.717, 1.165) is 23.4 Å². The molecule has 1 N–H and O–H groups in total. The molecule has 1 aromatic carbocycles. The first-order chi connectivity index (χ1) is 9.10. The molecule has 0 saturated carbocycles. The second-order valence-electron chi connectivity index (χ2n) is 6.43. The molecule has 0 aromatic heterocycles. The normalized spacial score (nSPS) is 26.5. The van der Waals surface area contributed by atoms with Gasteiger partial charge in [-0.1, -0.05) is 26.0 Å². The molecular weight excluding hydrogens is 285 g/mol. The van der Waals surface area contributed by atoms with E-state index in [9.17, 15) is 18.3 Å². The van der Waals surface area contributed by atoms with E-state index in [2.05, 4.69) is 13.8 Å². The van der Waals surface area contributed by atoms with E-state index in [1.54, 1.807) is 11.8 Å². The van der Waals surface area contributed by atoms with Gasteiger partial charge in [0.05, 0.1) is 11.2 Å². The molecule has 20 heavy (non-hydrogen) atoms. The number of rotatable bonds is 2. The van der Waals surface area contributed by atoms with Crippen molar-refractivity contribution >= 4 is 11.8 Å². The molecule has 1 nitrogen and oxygen atoms in total. The highest BCUT2D eigenvalue weighted by Gasteiger charge is 2.39. The van der Waals surface area contributed by atoms with Gasteiger partial charge in [-0.3, -0.25) is 0 Å². The van der Waals surface area contributed by atoms with Crippen LogP contribution in [0.2, 0.25) is 0 Å². The van der Waals surface area contributed by atoms with Crippen molar-refractivity contribution in [2.75, 3.05) is 11.5 Å². The molecule has 1 aromatic rings. The minimum absolute atomic E-state index is 0.0591. The fraction of sp³-hybridized carbons (Fsp3) is 0.600.